The Kier molecular flexibility index (Phi) is 4.27. The summed E-state index contributed by atoms with van der Waals surface area (Å²) in [7, 11) is 2.13. The van der Waals surface area contributed by atoms with Gasteiger partial charge in [-0.2, -0.15) is 0 Å². The van der Waals surface area contributed by atoms with Gasteiger partial charge in [-0.25, -0.2) is 9.97 Å². The minimum absolute atomic E-state index is 0.160. The molecular formula is C13H22N4O. The smallest absolute Gasteiger partial charge is 0.158 e. The van der Waals surface area contributed by atoms with Gasteiger partial charge in [0.05, 0.1) is 0 Å². The Balaban J connectivity index is 2.24. The van der Waals surface area contributed by atoms with E-state index in [1.807, 2.05) is 13.0 Å². The Labute approximate surface area is 108 Å². The van der Waals surface area contributed by atoms with E-state index in [2.05, 4.69) is 21.9 Å². The first-order valence-corrected chi connectivity index (χ1v) is 6.52. The first kappa shape index (κ1) is 13.4. The van der Waals surface area contributed by atoms with Crippen LogP contribution in [0, 0.1) is 6.92 Å². The summed E-state index contributed by atoms with van der Waals surface area (Å²) in [6.45, 7) is 4.27. The number of piperidine rings is 1. The largest absolute Gasteiger partial charge is 0.384 e. The van der Waals surface area contributed by atoms with Crippen LogP contribution in [0.15, 0.2) is 6.07 Å². The van der Waals surface area contributed by atoms with Crippen LogP contribution in [-0.4, -0.2) is 46.7 Å². The zero-order valence-electron chi connectivity index (χ0n) is 11.1. The minimum Gasteiger partial charge on any atom is -0.384 e. The van der Waals surface area contributed by atoms with Crippen molar-refractivity contribution in [1.82, 2.24) is 14.9 Å². The first-order chi connectivity index (χ1) is 8.60. The summed E-state index contributed by atoms with van der Waals surface area (Å²) in [5.74, 6) is 0.898. The van der Waals surface area contributed by atoms with Crippen molar-refractivity contribution in [2.24, 2.45) is 5.73 Å². The fourth-order valence-electron chi connectivity index (χ4n) is 2.49. The van der Waals surface area contributed by atoms with Gasteiger partial charge < -0.3 is 15.7 Å². The summed E-state index contributed by atoms with van der Waals surface area (Å²) >= 11 is 0. The van der Waals surface area contributed by atoms with Crippen molar-refractivity contribution < 1.29 is 5.11 Å². The molecule has 1 aliphatic rings. The average Bonchev–Trinajstić information content (AvgIpc) is 2.37. The predicted octanol–water partition coefficient (Wildman–Crippen LogP) is 0.586. The van der Waals surface area contributed by atoms with E-state index in [0.29, 0.717) is 11.7 Å². The normalized spacial score (nSPS) is 23.0. The molecule has 0 amide bonds. The molecule has 100 valence electrons. The topological polar surface area (TPSA) is 75.3 Å². The summed E-state index contributed by atoms with van der Waals surface area (Å²) in [5, 5.41) is 9.77. The highest BCUT2D eigenvalue weighted by Gasteiger charge is 2.22. The number of aryl methyl sites for hydroxylation is 1. The molecule has 2 heterocycles. The fraction of sp³-hybridized carbons (Fsp3) is 0.692. The number of likely N-dealkylation sites (tertiary alicyclic amines) is 1. The van der Waals surface area contributed by atoms with Crippen molar-refractivity contribution in [1.29, 1.82) is 0 Å². The molecule has 0 radical (unpaired) electrons. The van der Waals surface area contributed by atoms with E-state index in [-0.39, 0.29) is 6.54 Å². The third-order valence-corrected chi connectivity index (χ3v) is 3.46. The van der Waals surface area contributed by atoms with Crippen LogP contribution >= 0.6 is 0 Å². The molecule has 0 saturated carbocycles. The lowest BCUT2D eigenvalue weighted by Crippen LogP contribution is -2.31. The highest BCUT2D eigenvalue weighted by atomic mass is 16.3. The van der Waals surface area contributed by atoms with E-state index >= 15 is 0 Å². The number of aromatic nitrogens is 2. The SMILES string of the molecule is Cc1cc(C2CCCN(C)C2)nc(C(O)CN)n1. The van der Waals surface area contributed by atoms with Crippen molar-refractivity contribution in [2.75, 3.05) is 26.7 Å². The Morgan fingerprint density at radius 2 is 2.33 bits per heavy atom. The Bertz CT molecular complexity index is 410. The number of likely N-dealkylation sites (N-methyl/N-ethyl adjacent to an activating group) is 1. The standard InChI is InChI=1S/C13H22N4O/c1-9-6-11(10-4-3-5-17(2)8-10)16-13(15-9)12(18)7-14/h6,10,12,18H,3-5,7-8,14H2,1-2H3. The van der Waals surface area contributed by atoms with Gasteiger partial charge in [0.25, 0.3) is 0 Å². The number of aliphatic hydroxyl groups excluding tert-OH is 1. The predicted molar refractivity (Wildman–Crippen MR) is 70.3 cm³/mol. The minimum atomic E-state index is -0.759. The van der Waals surface area contributed by atoms with Gasteiger partial charge in [0, 0.05) is 30.4 Å². The molecule has 0 spiro atoms. The molecular weight excluding hydrogens is 228 g/mol. The van der Waals surface area contributed by atoms with Gasteiger partial charge in [-0.1, -0.05) is 0 Å². The van der Waals surface area contributed by atoms with Crippen LogP contribution in [0.1, 0.15) is 42.1 Å². The van der Waals surface area contributed by atoms with Crippen LogP contribution in [0.4, 0.5) is 0 Å². The lowest BCUT2D eigenvalue weighted by molar-refractivity contribution is 0.175. The van der Waals surface area contributed by atoms with Gasteiger partial charge in [-0.3, -0.25) is 0 Å². The molecule has 0 bridgehead atoms. The molecule has 5 nitrogen and oxygen atoms in total. The molecule has 2 atom stereocenters. The maximum atomic E-state index is 9.77. The van der Waals surface area contributed by atoms with Gasteiger partial charge >= 0.3 is 0 Å². The van der Waals surface area contributed by atoms with Crippen molar-refractivity contribution in [3.05, 3.63) is 23.3 Å². The Morgan fingerprint density at radius 3 is 3.00 bits per heavy atom. The molecule has 1 aromatic heterocycles. The molecule has 0 aromatic carbocycles. The van der Waals surface area contributed by atoms with Crippen molar-refractivity contribution in [2.45, 2.75) is 31.8 Å². The lowest BCUT2D eigenvalue weighted by atomic mass is 9.94. The summed E-state index contributed by atoms with van der Waals surface area (Å²) in [6, 6.07) is 2.02. The van der Waals surface area contributed by atoms with E-state index in [1.165, 1.54) is 6.42 Å². The van der Waals surface area contributed by atoms with E-state index in [4.69, 9.17) is 5.73 Å². The van der Waals surface area contributed by atoms with Crippen molar-refractivity contribution >= 4 is 0 Å². The fourth-order valence-corrected chi connectivity index (χ4v) is 2.49. The highest BCUT2D eigenvalue weighted by molar-refractivity contribution is 5.16. The molecule has 2 unspecified atom stereocenters. The summed E-state index contributed by atoms with van der Waals surface area (Å²) in [4.78, 5) is 11.1. The summed E-state index contributed by atoms with van der Waals surface area (Å²) < 4.78 is 0. The van der Waals surface area contributed by atoms with E-state index in [1.54, 1.807) is 0 Å². The number of aliphatic hydroxyl groups is 1. The maximum absolute atomic E-state index is 9.77. The Hall–Kier alpha value is -1.04. The van der Waals surface area contributed by atoms with Gasteiger partial charge in [0.15, 0.2) is 5.82 Å². The second kappa shape index (κ2) is 5.73. The lowest BCUT2D eigenvalue weighted by Gasteiger charge is -2.29. The molecule has 1 saturated heterocycles. The van der Waals surface area contributed by atoms with Crippen LogP contribution < -0.4 is 5.73 Å². The monoisotopic (exact) mass is 250 g/mol. The van der Waals surface area contributed by atoms with Crippen LogP contribution in [-0.2, 0) is 0 Å². The van der Waals surface area contributed by atoms with E-state index in [0.717, 1.165) is 30.9 Å². The number of hydrogen-bond acceptors (Lipinski definition) is 5. The van der Waals surface area contributed by atoms with Crippen molar-refractivity contribution in [3.8, 4) is 0 Å². The highest BCUT2D eigenvalue weighted by Crippen LogP contribution is 2.25. The molecule has 18 heavy (non-hydrogen) atoms. The molecule has 1 aliphatic heterocycles. The summed E-state index contributed by atoms with van der Waals surface area (Å²) in [5.41, 5.74) is 7.40. The van der Waals surface area contributed by atoms with E-state index < -0.39 is 6.10 Å². The average molecular weight is 250 g/mol. The second-order valence-electron chi connectivity index (χ2n) is 5.15. The third kappa shape index (κ3) is 3.04. The number of nitrogens with two attached hydrogens (primary N) is 1. The molecule has 5 heteroatoms. The van der Waals surface area contributed by atoms with E-state index in [9.17, 15) is 5.11 Å². The molecule has 1 fully saturated rings. The molecule has 2 rings (SSSR count). The van der Waals surface area contributed by atoms with Crippen molar-refractivity contribution in [3.63, 3.8) is 0 Å². The number of nitrogens with zero attached hydrogens (tertiary/aromatic N) is 3. The van der Waals surface area contributed by atoms with Crippen LogP contribution in [0.25, 0.3) is 0 Å². The van der Waals surface area contributed by atoms with Gasteiger partial charge in [-0.15, -0.1) is 0 Å². The molecule has 0 aliphatic carbocycles. The zero-order valence-corrected chi connectivity index (χ0v) is 11.1. The number of rotatable bonds is 3. The third-order valence-electron chi connectivity index (χ3n) is 3.46. The quantitative estimate of drug-likeness (QED) is 0.821. The zero-order chi connectivity index (χ0) is 13.1. The maximum Gasteiger partial charge on any atom is 0.158 e. The molecule has 3 N–H and O–H groups in total. The number of hydrogen-bond donors (Lipinski definition) is 2. The van der Waals surface area contributed by atoms with Crippen LogP contribution in [0.3, 0.4) is 0 Å². The first-order valence-electron chi connectivity index (χ1n) is 6.52. The van der Waals surface area contributed by atoms with Gasteiger partial charge in [0.2, 0.25) is 0 Å². The second-order valence-corrected chi connectivity index (χ2v) is 5.15. The summed E-state index contributed by atoms with van der Waals surface area (Å²) in [6.07, 6.45) is 1.59. The van der Waals surface area contributed by atoms with Crippen LogP contribution in [0.2, 0.25) is 0 Å². The Morgan fingerprint density at radius 1 is 1.56 bits per heavy atom. The molecule has 1 aromatic rings. The van der Waals surface area contributed by atoms with Crippen LogP contribution in [0.5, 0.6) is 0 Å². The van der Waals surface area contributed by atoms with Gasteiger partial charge in [0.1, 0.15) is 6.10 Å². The van der Waals surface area contributed by atoms with Gasteiger partial charge in [-0.05, 0) is 39.4 Å².